The van der Waals surface area contributed by atoms with Gasteiger partial charge in [0.25, 0.3) is 0 Å². The summed E-state index contributed by atoms with van der Waals surface area (Å²) in [7, 11) is 4.60. The van der Waals surface area contributed by atoms with Gasteiger partial charge in [0.2, 0.25) is 0 Å². The molecule has 2 nitrogen and oxygen atoms in total. The first-order valence-corrected chi connectivity index (χ1v) is 7.45. The van der Waals surface area contributed by atoms with E-state index in [1.165, 1.54) is 45.3 Å². The molecule has 0 radical (unpaired) electrons. The predicted molar refractivity (Wildman–Crippen MR) is 74.2 cm³/mol. The zero-order chi connectivity index (χ0) is 12.4. The number of likely N-dealkylation sites (tertiary alicyclic amines) is 1. The van der Waals surface area contributed by atoms with Gasteiger partial charge in [0.1, 0.15) is 0 Å². The third-order valence-corrected chi connectivity index (χ3v) is 5.10. The Morgan fingerprint density at radius 2 is 1.76 bits per heavy atom. The van der Waals surface area contributed by atoms with Gasteiger partial charge in [0.05, 0.1) is 0 Å². The molecule has 2 rings (SSSR count). The van der Waals surface area contributed by atoms with E-state index in [0.29, 0.717) is 0 Å². The van der Waals surface area contributed by atoms with Crippen LogP contribution in [-0.4, -0.2) is 49.6 Å². The molecule has 1 heterocycles. The quantitative estimate of drug-likeness (QED) is 0.743. The highest BCUT2D eigenvalue weighted by Gasteiger charge is 2.34. The molecule has 0 spiro atoms. The van der Waals surface area contributed by atoms with Crippen LogP contribution in [0.3, 0.4) is 0 Å². The van der Waals surface area contributed by atoms with Crippen molar-refractivity contribution >= 4 is 0 Å². The molecule has 0 bridgehead atoms. The fourth-order valence-electron chi connectivity index (χ4n) is 3.34. The Balaban J connectivity index is 1.66. The van der Waals surface area contributed by atoms with E-state index in [0.717, 1.165) is 23.8 Å². The van der Waals surface area contributed by atoms with Crippen molar-refractivity contribution in [3.63, 3.8) is 0 Å². The summed E-state index contributed by atoms with van der Waals surface area (Å²) in [6.45, 7) is 8.69. The Kier molecular flexibility index (Phi) is 4.48. The first-order valence-electron chi connectivity index (χ1n) is 7.45. The Morgan fingerprint density at radius 1 is 1.18 bits per heavy atom. The summed E-state index contributed by atoms with van der Waals surface area (Å²) >= 11 is 0. The van der Waals surface area contributed by atoms with Crippen LogP contribution in [0, 0.1) is 17.8 Å². The molecular formula is C15H30N2. The van der Waals surface area contributed by atoms with Gasteiger partial charge < -0.3 is 9.80 Å². The van der Waals surface area contributed by atoms with E-state index in [-0.39, 0.29) is 0 Å². The van der Waals surface area contributed by atoms with E-state index in [1.54, 1.807) is 0 Å². The molecule has 1 aliphatic carbocycles. The lowest BCUT2D eigenvalue weighted by Crippen LogP contribution is -2.47. The molecular weight excluding hydrogens is 208 g/mol. The van der Waals surface area contributed by atoms with E-state index < -0.39 is 0 Å². The summed E-state index contributed by atoms with van der Waals surface area (Å²) in [6, 6.07) is 0.891. The Labute approximate surface area is 107 Å². The largest absolute Gasteiger partial charge is 0.306 e. The maximum Gasteiger partial charge on any atom is 0.00978 e. The highest BCUT2D eigenvalue weighted by molar-refractivity contribution is 4.88. The lowest BCUT2D eigenvalue weighted by Gasteiger charge is -2.45. The van der Waals surface area contributed by atoms with Crippen LogP contribution in [0.2, 0.25) is 0 Å². The van der Waals surface area contributed by atoms with Crippen LogP contribution in [0.1, 0.15) is 39.5 Å². The number of nitrogens with zero attached hydrogens (tertiary/aromatic N) is 2. The molecule has 0 unspecified atom stereocenters. The van der Waals surface area contributed by atoms with Crippen LogP contribution in [0.5, 0.6) is 0 Å². The average molecular weight is 238 g/mol. The molecule has 0 atom stereocenters. The van der Waals surface area contributed by atoms with Crippen LogP contribution < -0.4 is 0 Å². The summed E-state index contributed by atoms with van der Waals surface area (Å²) in [5, 5.41) is 0. The van der Waals surface area contributed by atoms with Crippen LogP contribution in [-0.2, 0) is 0 Å². The van der Waals surface area contributed by atoms with Gasteiger partial charge in [-0.1, -0.05) is 13.8 Å². The topological polar surface area (TPSA) is 6.48 Å². The van der Waals surface area contributed by atoms with Gasteiger partial charge in [-0.25, -0.2) is 0 Å². The van der Waals surface area contributed by atoms with Gasteiger partial charge in [-0.3, -0.25) is 0 Å². The van der Waals surface area contributed by atoms with Gasteiger partial charge in [0, 0.05) is 12.6 Å². The van der Waals surface area contributed by atoms with Crippen molar-refractivity contribution in [2.45, 2.75) is 45.6 Å². The van der Waals surface area contributed by atoms with Crippen LogP contribution >= 0.6 is 0 Å². The molecule has 1 saturated heterocycles. The number of rotatable bonds is 4. The number of hydrogen-bond donors (Lipinski definition) is 0. The third-order valence-electron chi connectivity index (χ3n) is 5.10. The van der Waals surface area contributed by atoms with E-state index in [1.807, 2.05) is 0 Å². The van der Waals surface area contributed by atoms with Crippen molar-refractivity contribution in [1.29, 1.82) is 0 Å². The van der Waals surface area contributed by atoms with Crippen molar-refractivity contribution in [2.75, 3.05) is 33.7 Å². The fourth-order valence-corrected chi connectivity index (χ4v) is 3.34. The van der Waals surface area contributed by atoms with Gasteiger partial charge in [-0.15, -0.1) is 0 Å². The minimum absolute atomic E-state index is 0.891. The highest BCUT2D eigenvalue weighted by atomic mass is 15.1. The van der Waals surface area contributed by atoms with E-state index in [9.17, 15) is 0 Å². The molecule has 0 amide bonds. The third kappa shape index (κ3) is 3.45. The molecule has 1 saturated carbocycles. The monoisotopic (exact) mass is 238 g/mol. The molecule has 17 heavy (non-hydrogen) atoms. The molecule has 2 fully saturated rings. The fraction of sp³-hybridized carbons (Fsp3) is 1.00. The van der Waals surface area contributed by atoms with Gasteiger partial charge >= 0.3 is 0 Å². The summed E-state index contributed by atoms with van der Waals surface area (Å²) in [4.78, 5) is 5.11. The lowest BCUT2D eigenvalue weighted by atomic mass is 9.73. The zero-order valence-corrected chi connectivity index (χ0v) is 12.2. The maximum absolute atomic E-state index is 2.65. The van der Waals surface area contributed by atoms with Crippen molar-refractivity contribution in [2.24, 2.45) is 17.8 Å². The average Bonchev–Trinajstić information content (AvgIpc) is 2.18. The van der Waals surface area contributed by atoms with E-state index >= 15 is 0 Å². The molecule has 100 valence electrons. The van der Waals surface area contributed by atoms with Gasteiger partial charge in [0.15, 0.2) is 0 Å². The normalized spacial score (nSPS) is 32.1. The second-order valence-electron chi connectivity index (χ2n) is 6.82. The summed E-state index contributed by atoms with van der Waals surface area (Å²) in [5.74, 6) is 2.84. The molecule has 0 aromatic carbocycles. The zero-order valence-electron chi connectivity index (χ0n) is 12.2. The van der Waals surface area contributed by atoms with Gasteiger partial charge in [-0.2, -0.15) is 0 Å². The maximum atomic E-state index is 2.65. The Hall–Kier alpha value is -0.0800. The molecule has 2 aliphatic rings. The standard InChI is InChI=1S/C15H30N2/c1-12(2)14-9-15(10-14)17(4)11-13-5-7-16(3)8-6-13/h12-15H,5-11H2,1-4H3. The first kappa shape index (κ1) is 13.4. The molecule has 1 aliphatic heterocycles. The van der Waals surface area contributed by atoms with Crippen LogP contribution in [0.15, 0.2) is 0 Å². The molecule has 0 aromatic rings. The second kappa shape index (κ2) is 5.71. The summed E-state index contributed by atoms with van der Waals surface area (Å²) < 4.78 is 0. The SMILES string of the molecule is CC(C)C1CC(N(C)CC2CCN(C)CC2)C1. The molecule has 0 N–H and O–H groups in total. The van der Waals surface area contributed by atoms with Crippen LogP contribution in [0.25, 0.3) is 0 Å². The first-order chi connectivity index (χ1) is 8.06. The van der Waals surface area contributed by atoms with Crippen molar-refractivity contribution in [3.8, 4) is 0 Å². The molecule has 2 heteroatoms. The van der Waals surface area contributed by atoms with Crippen LogP contribution in [0.4, 0.5) is 0 Å². The second-order valence-corrected chi connectivity index (χ2v) is 6.82. The Bertz CT molecular complexity index is 225. The smallest absolute Gasteiger partial charge is 0.00978 e. The van der Waals surface area contributed by atoms with Gasteiger partial charge in [-0.05, 0) is 70.6 Å². The summed E-state index contributed by atoms with van der Waals surface area (Å²) in [6.07, 6.45) is 5.70. The van der Waals surface area contributed by atoms with E-state index in [2.05, 4.69) is 37.7 Å². The number of hydrogen-bond acceptors (Lipinski definition) is 2. The Morgan fingerprint density at radius 3 is 2.29 bits per heavy atom. The lowest BCUT2D eigenvalue weighted by molar-refractivity contribution is 0.0544. The minimum atomic E-state index is 0.891. The summed E-state index contributed by atoms with van der Waals surface area (Å²) in [5.41, 5.74) is 0. The van der Waals surface area contributed by atoms with Crippen molar-refractivity contribution < 1.29 is 0 Å². The van der Waals surface area contributed by atoms with Crippen molar-refractivity contribution in [3.05, 3.63) is 0 Å². The van der Waals surface area contributed by atoms with Crippen molar-refractivity contribution in [1.82, 2.24) is 9.80 Å². The minimum Gasteiger partial charge on any atom is -0.306 e. The number of piperidine rings is 1. The molecule has 0 aromatic heterocycles. The highest BCUT2D eigenvalue weighted by Crippen LogP contribution is 2.36. The van der Waals surface area contributed by atoms with E-state index in [4.69, 9.17) is 0 Å². The predicted octanol–water partition coefficient (Wildman–Crippen LogP) is 2.69.